The largest absolute Gasteiger partial charge is 0.481 e. The number of aliphatic carboxylic acids is 1. The van der Waals surface area contributed by atoms with E-state index in [1.807, 2.05) is 0 Å². The Balaban J connectivity index is 4.15. The maximum Gasteiger partial charge on any atom is 0.306 e. The first-order valence-electron chi connectivity index (χ1n) is 14.7. The van der Waals surface area contributed by atoms with Crippen molar-refractivity contribution in [1.29, 1.82) is 0 Å². The van der Waals surface area contributed by atoms with Crippen LogP contribution in [0.1, 0.15) is 162 Å². The Morgan fingerprint density at radius 1 is 0.647 bits per heavy atom. The van der Waals surface area contributed by atoms with Gasteiger partial charge in [0.1, 0.15) is 6.10 Å². The molecule has 200 valence electrons. The second kappa shape index (κ2) is 26.3. The van der Waals surface area contributed by atoms with Crippen LogP contribution in [0.25, 0.3) is 0 Å². The van der Waals surface area contributed by atoms with E-state index in [4.69, 9.17) is 9.84 Å². The summed E-state index contributed by atoms with van der Waals surface area (Å²) in [5, 5.41) is 8.76. The number of ether oxygens (including phenoxy) is 1. The lowest BCUT2D eigenvalue weighted by molar-refractivity contribution is -0.147. The van der Waals surface area contributed by atoms with Gasteiger partial charge < -0.3 is 9.84 Å². The Morgan fingerprint density at radius 3 is 1.68 bits per heavy atom. The van der Waals surface area contributed by atoms with Gasteiger partial charge in [0.15, 0.2) is 0 Å². The molecule has 1 N–H and O–H groups in total. The van der Waals surface area contributed by atoms with Crippen LogP contribution in [0.5, 0.6) is 0 Å². The molecule has 0 fully saturated rings. The lowest BCUT2D eigenvalue weighted by Crippen LogP contribution is -2.16. The Morgan fingerprint density at radius 2 is 1.12 bits per heavy atom. The van der Waals surface area contributed by atoms with Crippen LogP contribution in [-0.4, -0.2) is 23.1 Å². The highest BCUT2D eigenvalue weighted by atomic mass is 16.5. The van der Waals surface area contributed by atoms with Crippen molar-refractivity contribution in [2.75, 3.05) is 0 Å². The predicted octanol–water partition coefficient (Wildman–Crippen LogP) is 9.55. The van der Waals surface area contributed by atoms with E-state index in [0.717, 1.165) is 51.4 Å². The Labute approximate surface area is 211 Å². The molecular formula is C30H56O4. The molecule has 1 unspecified atom stereocenters. The van der Waals surface area contributed by atoms with Crippen LogP contribution in [0.4, 0.5) is 0 Å². The summed E-state index contributed by atoms with van der Waals surface area (Å²) in [6.07, 6.45) is 29.4. The third kappa shape index (κ3) is 25.3. The summed E-state index contributed by atoms with van der Waals surface area (Å²) >= 11 is 0. The number of carboxylic acids is 1. The van der Waals surface area contributed by atoms with Gasteiger partial charge in [0.05, 0.1) is 0 Å². The number of esters is 1. The van der Waals surface area contributed by atoms with Gasteiger partial charge in [-0.2, -0.15) is 0 Å². The minimum atomic E-state index is -0.721. The summed E-state index contributed by atoms with van der Waals surface area (Å²) in [6, 6.07) is 0. The van der Waals surface area contributed by atoms with Crippen molar-refractivity contribution in [3.63, 3.8) is 0 Å². The summed E-state index contributed by atoms with van der Waals surface area (Å²) in [4.78, 5) is 23.0. The van der Waals surface area contributed by atoms with Crippen LogP contribution < -0.4 is 0 Å². The second-order valence-electron chi connectivity index (χ2n) is 9.94. The minimum absolute atomic E-state index is 0.0672. The lowest BCUT2D eigenvalue weighted by Gasteiger charge is -2.15. The average Bonchev–Trinajstić information content (AvgIpc) is 2.81. The summed E-state index contributed by atoms with van der Waals surface area (Å²) in [5.41, 5.74) is 0. The zero-order chi connectivity index (χ0) is 25.1. The third-order valence-corrected chi connectivity index (χ3v) is 6.47. The first-order valence-corrected chi connectivity index (χ1v) is 14.7. The van der Waals surface area contributed by atoms with Crippen molar-refractivity contribution < 1.29 is 19.4 Å². The van der Waals surface area contributed by atoms with E-state index in [2.05, 4.69) is 26.0 Å². The monoisotopic (exact) mass is 480 g/mol. The fraction of sp³-hybridized carbons (Fsp3) is 0.867. The van der Waals surface area contributed by atoms with Crippen molar-refractivity contribution in [3.8, 4) is 0 Å². The number of rotatable bonds is 26. The molecule has 0 aromatic carbocycles. The first kappa shape index (κ1) is 32.7. The van der Waals surface area contributed by atoms with E-state index in [0.29, 0.717) is 6.42 Å². The molecule has 34 heavy (non-hydrogen) atoms. The number of unbranched alkanes of at least 4 members (excludes halogenated alkanes) is 17. The fourth-order valence-electron chi connectivity index (χ4n) is 4.27. The minimum Gasteiger partial charge on any atom is -0.481 e. The molecule has 0 aliphatic rings. The van der Waals surface area contributed by atoms with Gasteiger partial charge in [0, 0.05) is 12.8 Å². The molecule has 1 atom stereocenters. The SMILES string of the molecule is CCCCCCCCC/C=C\C(CCCCCCC(=O)O)OC(=O)CCCCCCCCCC. The number of hydrogen-bond acceptors (Lipinski definition) is 3. The second-order valence-corrected chi connectivity index (χ2v) is 9.94. The Hall–Kier alpha value is -1.32. The molecule has 0 saturated heterocycles. The summed E-state index contributed by atoms with van der Waals surface area (Å²) in [7, 11) is 0. The van der Waals surface area contributed by atoms with Crippen molar-refractivity contribution in [1.82, 2.24) is 0 Å². The highest BCUT2D eigenvalue weighted by Crippen LogP contribution is 2.15. The third-order valence-electron chi connectivity index (χ3n) is 6.47. The van der Waals surface area contributed by atoms with Gasteiger partial charge in [-0.15, -0.1) is 0 Å². The number of carbonyl (C=O) groups excluding carboxylic acids is 1. The van der Waals surface area contributed by atoms with Crippen molar-refractivity contribution in [2.24, 2.45) is 0 Å². The van der Waals surface area contributed by atoms with Gasteiger partial charge in [0.25, 0.3) is 0 Å². The van der Waals surface area contributed by atoms with E-state index in [9.17, 15) is 9.59 Å². The molecule has 0 aliphatic carbocycles. The van der Waals surface area contributed by atoms with Gasteiger partial charge in [-0.25, -0.2) is 0 Å². The lowest BCUT2D eigenvalue weighted by atomic mass is 10.1. The van der Waals surface area contributed by atoms with Crippen molar-refractivity contribution in [2.45, 2.75) is 168 Å². The zero-order valence-corrected chi connectivity index (χ0v) is 22.7. The average molecular weight is 481 g/mol. The van der Waals surface area contributed by atoms with Gasteiger partial charge in [-0.05, 0) is 44.6 Å². The Bertz CT molecular complexity index is 486. The van der Waals surface area contributed by atoms with Crippen molar-refractivity contribution >= 4 is 11.9 Å². The van der Waals surface area contributed by atoms with E-state index in [-0.39, 0.29) is 18.5 Å². The summed E-state index contributed by atoms with van der Waals surface area (Å²) in [6.45, 7) is 4.49. The smallest absolute Gasteiger partial charge is 0.306 e. The maximum absolute atomic E-state index is 12.4. The molecule has 0 aromatic heterocycles. The van der Waals surface area contributed by atoms with Crippen LogP contribution in [-0.2, 0) is 14.3 Å². The molecule has 0 spiro atoms. The topological polar surface area (TPSA) is 63.6 Å². The molecule has 0 heterocycles. The van der Waals surface area contributed by atoms with Gasteiger partial charge >= 0.3 is 11.9 Å². The van der Waals surface area contributed by atoms with Crippen LogP contribution >= 0.6 is 0 Å². The summed E-state index contributed by atoms with van der Waals surface area (Å²) in [5.74, 6) is -0.788. The highest BCUT2D eigenvalue weighted by molar-refractivity contribution is 5.69. The van der Waals surface area contributed by atoms with E-state index >= 15 is 0 Å². The molecular weight excluding hydrogens is 424 g/mol. The van der Waals surface area contributed by atoms with Gasteiger partial charge in [0.2, 0.25) is 0 Å². The van der Waals surface area contributed by atoms with E-state index in [1.165, 1.54) is 83.5 Å². The van der Waals surface area contributed by atoms with Crippen LogP contribution in [0.3, 0.4) is 0 Å². The number of allylic oxidation sites excluding steroid dienone is 1. The van der Waals surface area contributed by atoms with Crippen LogP contribution in [0, 0.1) is 0 Å². The first-order chi connectivity index (χ1) is 16.6. The standard InChI is InChI=1S/C30H56O4/c1-3-5-7-9-11-13-14-16-20-24-28(25-21-18-19-22-26-29(31)32)34-30(33)27-23-17-15-12-10-8-6-4-2/h20,24,28H,3-19,21-23,25-27H2,1-2H3,(H,31,32)/b24-20-. The molecule has 0 bridgehead atoms. The molecule has 4 nitrogen and oxygen atoms in total. The van der Waals surface area contributed by atoms with Crippen LogP contribution in [0.15, 0.2) is 12.2 Å². The quantitative estimate of drug-likeness (QED) is 0.0760. The molecule has 0 saturated carbocycles. The van der Waals surface area contributed by atoms with Crippen LogP contribution in [0.2, 0.25) is 0 Å². The van der Waals surface area contributed by atoms with Gasteiger partial charge in [-0.3, -0.25) is 9.59 Å². The van der Waals surface area contributed by atoms with Crippen molar-refractivity contribution in [3.05, 3.63) is 12.2 Å². The highest BCUT2D eigenvalue weighted by Gasteiger charge is 2.11. The fourth-order valence-corrected chi connectivity index (χ4v) is 4.27. The predicted molar refractivity (Wildman–Crippen MR) is 144 cm³/mol. The molecule has 0 aromatic rings. The van der Waals surface area contributed by atoms with E-state index < -0.39 is 5.97 Å². The molecule has 0 rings (SSSR count). The maximum atomic E-state index is 12.4. The Kier molecular flexibility index (Phi) is 25.3. The molecule has 4 heteroatoms. The zero-order valence-electron chi connectivity index (χ0n) is 22.7. The van der Waals surface area contributed by atoms with Gasteiger partial charge in [-0.1, -0.05) is 116 Å². The molecule has 0 aliphatic heterocycles. The number of carboxylic acid groups (broad SMARTS) is 1. The summed E-state index contributed by atoms with van der Waals surface area (Å²) < 4.78 is 5.81. The molecule has 0 amide bonds. The van der Waals surface area contributed by atoms with E-state index in [1.54, 1.807) is 0 Å². The number of hydrogen-bond donors (Lipinski definition) is 1. The molecule has 0 radical (unpaired) electrons. The number of carbonyl (C=O) groups is 2. The normalized spacial score (nSPS) is 12.3.